The number of carbonyl (C=O) groups is 2. The number of nitrogens with one attached hydrogen (secondary N) is 2. The molecule has 0 saturated heterocycles. The van der Waals surface area contributed by atoms with E-state index in [2.05, 4.69) is 10.6 Å². The highest BCUT2D eigenvalue weighted by Crippen LogP contribution is 2.21. The molecular formula is C12H13ClN2O3. The van der Waals surface area contributed by atoms with Crippen LogP contribution in [0.25, 0.3) is 0 Å². The number of rotatable bonds is 4. The molecule has 2 amide bonds. The third kappa shape index (κ3) is 3.37. The van der Waals surface area contributed by atoms with Crippen LogP contribution >= 0.6 is 11.6 Å². The molecule has 0 spiro atoms. The van der Waals surface area contributed by atoms with Crippen molar-refractivity contribution in [3.05, 3.63) is 28.8 Å². The van der Waals surface area contributed by atoms with Crippen LogP contribution in [0.2, 0.25) is 5.02 Å². The molecule has 2 rings (SSSR count). The van der Waals surface area contributed by atoms with Gasteiger partial charge in [-0.15, -0.1) is 0 Å². The number of halogens is 1. The van der Waals surface area contributed by atoms with E-state index in [9.17, 15) is 14.7 Å². The van der Waals surface area contributed by atoms with Crippen LogP contribution in [-0.4, -0.2) is 29.5 Å². The normalized spacial score (nSPS) is 14.1. The first-order chi connectivity index (χ1) is 8.56. The van der Waals surface area contributed by atoms with E-state index >= 15 is 0 Å². The van der Waals surface area contributed by atoms with Gasteiger partial charge in [-0.3, -0.25) is 9.59 Å². The summed E-state index contributed by atoms with van der Waals surface area (Å²) in [5.41, 5.74) is 0.149. The smallest absolute Gasteiger partial charge is 0.253 e. The first-order valence-corrected chi connectivity index (χ1v) is 6.00. The molecule has 0 heterocycles. The Morgan fingerprint density at radius 2 is 2.11 bits per heavy atom. The van der Waals surface area contributed by atoms with Crippen LogP contribution < -0.4 is 10.6 Å². The minimum atomic E-state index is -0.484. The van der Waals surface area contributed by atoms with Crippen molar-refractivity contribution in [2.24, 2.45) is 0 Å². The summed E-state index contributed by atoms with van der Waals surface area (Å²) in [4.78, 5) is 23.1. The van der Waals surface area contributed by atoms with Crippen LogP contribution in [-0.2, 0) is 4.79 Å². The number of amides is 2. The molecule has 5 nitrogen and oxygen atoms in total. The first kappa shape index (κ1) is 12.7. The van der Waals surface area contributed by atoms with Crippen LogP contribution in [0.15, 0.2) is 18.2 Å². The van der Waals surface area contributed by atoms with Crippen molar-refractivity contribution in [1.29, 1.82) is 0 Å². The van der Waals surface area contributed by atoms with Gasteiger partial charge in [0.2, 0.25) is 5.91 Å². The fourth-order valence-electron chi connectivity index (χ4n) is 1.45. The third-order valence-electron chi connectivity index (χ3n) is 2.55. The van der Waals surface area contributed by atoms with Gasteiger partial charge < -0.3 is 15.7 Å². The number of hydrogen-bond acceptors (Lipinski definition) is 3. The Kier molecular flexibility index (Phi) is 3.72. The highest BCUT2D eigenvalue weighted by atomic mass is 35.5. The van der Waals surface area contributed by atoms with Crippen LogP contribution in [0.4, 0.5) is 0 Å². The predicted octanol–water partition coefficient (Wildman–Crippen LogP) is 1.05. The minimum Gasteiger partial charge on any atom is -0.508 e. The maximum Gasteiger partial charge on any atom is 0.253 e. The molecule has 96 valence electrons. The molecule has 0 aliphatic heterocycles. The molecule has 1 aliphatic rings. The summed E-state index contributed by atoms with van der Waals surface area (Å²) in [6.07, 6.45) is 2.00. The monoisotopic (exact) mass is 268 g/mol. The van der Waals surface area contributed by atoms with Crippen molar-refractivity contribution in [1.82, 2.24) is 10.6 Å². The zero-order chi connectivity index (χ0) is 13.1. The Morgan fingerprint density at radius 3 is 2.78 bits per heavy atom. The molecule has 6 heteroatoms. The Balaban J connectivity index is 1.90. The van der Waals surface area contributed by atoms with Crippen LogP contribution in [0.1, 0.15) is 23.2 Å². The third-order valence-corrected chi connectivity index (χ3v) is 2.88. The maximum atomic E-state index is 11.7. The molecule has 1 aliphatic carbocycles. The second-order valence-electron chi connectivity index (χ2n) is 4.19. The van der Waals surface area contributed by atoms with Gasteiger partial charge in [0.15, 0.2) is 0 Å². The molecule has 0 aromatic heterocycles. The lowest BCUT2D eigenvalue weighted by Gasteiger charge is -2.07. The molecule has 18 heavy (non-hydrogen) atoms. The van der Waals surface area contributed by atoms with Gasteiger partial charge >= 0.3 is 0 Å². The lowest BCUT2D eigenvalue weighted by atomic mass is 10.2. The van der Waals surface area contributed by atoms with E-state index in [4.69, 9.17) is 11.6 Å². The van der Waals surface area contributed by atoms with E-state index in [0.29, 0.717) is 0 Å². The molecular weight excluding hydrogens is 256 g/mol. The summed E-state index contributed by atoms with van der Waals surface area (Å²) in [5, 5.41) is 14.7. The van der Waals surface area contributed by atoms with Gasteiger partial charge in [-0.2, -0.15) is 0 Å². The van der Waals surface area contributed by atoms with Crippen molar-refractivity contribution in [3.8, 4) is 5.75 Å². The predicted molar refractivity (Wildman–Crippen MR) is 66.6 cm³/mol. The highest BCUT2D eigenvalue weighted by molar-refractivity contribution is 6.33. The summed E-state index contributed by atoms with van der Waals surface area (Å²) in [5.74, 6) is -0.754. The Hall–Kier alpha value is -1.75. The van der Waals surface area contributed by atoms with Crippen molar-refractivity contribution in [2.45, 2.75) is 18.9 Å². The lowest BCUT2D eigenvalue weighted by Crippen LogP contribution is -2.37. The summed E-state index contributed by atoms with van der Waals surface area (Å²) < 4.78 is 0. The first-order valence-electron chi connectivity index (χ1n) is 5.62. The van der Waals surface area contributed by atoms with Gasteiger partial charge in [0.05, 0.1) is 17.1 Å². The molecule has 3 N–H and O–H groups in total. The van der Waals surface area contributed by atoms with E-state index in [1.165, 1.54) is 18.2 Å². The average Bonchev–Trinajstić information content (AvgIpc) is 3.13. The molecule has 0 unspecified atom stereocenters. The van der Waals surface area contributed by atoms with Gasteiger partial charge in [-0.1, -0.05) is 11.6 Å². The fourth-order valence-corrected chi connectivity index (χ4v) is 1.65. The molecule has 1 fully saturated rings. The summed E-state index contributed by atoms with van der Waals surface area (Å²) in [6.45, 7) is -0.0959. The minimum absolute atomic E-state index is 0.0491. The van der Waals surface area contributed by atoms with Crippen molar-refractivity contribution in [3.63, 3.8) is 0 Å². The van der Waals surface area contributed by atoms with Crippen LogP contribution in [0.5, 0.6) is 5.75 Å². The number of aromatic hydroxyl groups is 1. The van der Waals surface area contributed by atoms with Crippen molar-refractivity contribution >= 4 is 23.4 Å². The van der Waals surface area contributed by atoms with E-state index < -0.39 is 5.91 Å². The number of hydrogen-bond donors (Lipinski definition) is 3. The van der Waals surface area contributed by atoms with Crippen LogP contribution in [0.3, 0.4) is 0 Å². The van der Waals surface area contributed by atoms with Crippen LogP contribution in [0, 0.1) is 0 Å². The zero-order valence-corrected chi connectivity index (χ0v) is 10.3. The number of phenolic OH excluding ortho intramolecular Hbond substituents is 1. The van der Waals surface area contributed by atoms with Gasteiger partial charge in [-0.25, -0.2) is 0 Å². The van der Waals surface area contributed by atoms with Crippen molar-refractivity contribution < 1.29 is 14.7 Å². The zero-order valence-electron chi connectivity index (χ0n) is 9.57. The van der Waals surface area contributed by atoms with Gasteiger partial charge in [-0.05, 0) is 31.0 Å². The fraction of sp³-hybridized carbons (Fsp3) is 0.333. The topological polar surface area (TPSA) is 78.4 Å². The standard InChI is InChI=1S/C12H13ClN2O3/c13-10-4-3-8(16)5-9(10)12(18)14-6-11(17)15-7-1-2-7/h3-5,7,16H,1-2,6H2,(H,14,18)(H,15,17). The SMILES string of the molecule is O=C(CNC(=O)c1cc(O)ccc1Cl)NC1CC1. The maximum absolute atomic E-state index is 11.7. The van der Waals surface area contributed by atoms with E-state index in [1.807, 2.05) is 0 Å². The molecule has 0 bridgehead atoms. The van der Waals surface area contributed by atoms with Gasteiger partial charge in [0, 0.05) is 6.04 Å². The number of benzene rings is 1. The summed E-state index contributed by atoms with van der Waals surface area (Å²) in [7, 11) is 0. The van der Waals surface area contributed by atoms with E-state index in [-0.39, 0.29) is 34.8 Å². The van der Waals surface area contributed by atoms with Gasteiger partial charge in [0.1, 0.15) is 5.75 Å². The van der Waals surface area contributed by atoms with E-state index in [0.717, 1.165) is 12.8 Å². The summed E-state index contributed by atoms with van der Waals surface area (Å²) >= 11 is 5.83. The molecule has 1 aromatic carbocycles. The second kappa shape index (κ2) is 5.27. The number of phenols is 1. The Labute approximate surface area is 109 Å². The molecule has 0 radical (unpaired) electrons. The quantitative estimate of drug-likeness (QED) is 0.764. The Morgan fingerprint density at radius 1 is 1.39 bits per heavy atom. The average molecular weight is 269 g/mol. The van der Waals surface area contributed by atoms with Gasteiger partial charge in [0.25, 0.3) is 5.91 Å². The summed E-state index contributed by atoms with van der Waals surface area (Å²) in [6, 6.07) is 4.34. The van der Waals surface area contributed by atoms with Crippen molar-refractivity contribution in [2.75, 3.05) is 6.54 Å². The lowest BCUT2D eigenvalue weighted by molar-refractivity contribution is -0.120. The molecule has 0 atom stereocenters. The largest absolute Gasteiger partial charge is 0.508 e. The second-order valence-corrected chi connectivity index (χ2v) is 4.60. The number of carbonyl (C=O) groups excluding carboxylic acids is 2. The highest BCUT2D eigenvalue weighted by Gasteiger charge is 2.23. The molecule has 1 saturated carbocycles. The molecule has 1 aromatic rings. The Bertz CT molecular complexity index is 486. The van der Waals surface area contributed by atoms with E-state index in [1.54, 1.807) is 0 Å².